The lowest BCUT2D eigenvalue weighted by atomic mass is 10.0. The number of hydrogen-bond donors (Lipinski definition) is 3. The van der Waals surface area contributed by atoms with Crippen molar-refractivity contribution in [3.05, 3.63) is 17.7 Å². The molecule has 1 fully saturated rings. The number of ether oxygens (including phenoxy) is 1. The first kappa shape index (κ1) is 13.2. The van der Waals surface area contributed by atoms with Crippen LogP contribution in [-0.2, 0) is 16.0 Å². The average Bonchev–Trinajstić information content (AvgIpc) is 2.93. The minimum absolute atomic E-state index is 0.0765. The van der Waals surface area contributed by atoms with E-state index in [1.165, 1.54) is 0 Å². The van der Waals surface area contributed by atoms with Crippen molar-refractivity contribution in [3.8, 4) is 0 Å². The van der Waals surface area contributed by atoms with E-state index in [2.05, 4.69) is 10.6 Å². The fourth-order valence-electron chi connectivity index (χ4n) is 2.84. The van der Waals surface area contributed by atoms with Crippen LogP contribution < -0.4 is 16.4 Å². The van der Waals surface area contributed by atoms with Crippen molar-refractivity contribution in [2.24, 2.45) is 0 Å². The van der Waals surface area contributed by atoms with Crippen LogP contribution in [0.3, 0.4) is 0 Å². The molecule has 1 aromatic rings. The van der Waals surface area contributed by atoms with Gasteiger partial charge in [0.15, 0.2) is 0 Å². The molecule has 5 nitrogen and oxygen atoms in total. The zero-order valence-electron chi connectivity index (χ0n) is 11.6. The van der Waals surface area contributed by atoms with Crippen molar-refractivity contribution >= 4 is 23.0 Å². The highest BCUT2D eigenvalue weighted by atomic mass is 16.5. The van der Waals surface area contributed by atoms with Crippen molar-refractivity contribution in [1.29, 1.82) is 0 Å². The van der Waals surface area contributed by atoms with E-state index in [1.54, 1.807) is 0 Å². The molecule has 1 unspecified atom stereocenters. The summed E-state index contributed by atoms with van der Waals surface area (Å²) in [5, 5.41) is 6.25. The summed E-state index contributed by atoms with van der Waals surface area (Å²) in [6, 6.07) is 3.90. The minimum Gasteiger partial charge on any atom is -0.397 e. The third-order valence-corrected chi connectivity index (χ3v) is 3.98. The van der Waals surface area contributed by atoms with Crippen LogP contribution in [0.5, 0.6) is 0 Å². The number of aryl methyl sites for hydroxylation is 1. The molecule has 2 heterocycles. The topological polar surface area (TPSA) is 76.4 Å². The molecule has 2 aliphatic heterocycles. The molecule has 20 heavy (non-hydrogen) atoms. The maximum Gasteiger partial charge on any atom is 0.224 e. The van der Waals surface area contributed by atoms with Gasteiger partial charge in [-0.2, -0.15) is 0 Å². The van der Waals surface area contributed by atoms with Crippen LogP contribution in [0.2, 0.25) is 0 Å². The molecule has 4 N–H and O–H groups in total. The molecule has 0 radical (unpaired) electrons. The Morgan fingerprint density at radius 2 is 2.30 bits per heavy atom. The minimum atomic E-state index is 0.0765. The Labute approximate surface area is 118 Å². The van der Waals surface area contributed by atoms with Gasteiger partial charge in [-0.25, -0.2) is 0 Å². The number of nitrogen functional groups attached to an aromatic ring is 1. The number of benzene rings is 1. The molecule has 1 saturated heterocycles. The Morgan fingerprint density at radius 3 is 3.10 bits per heavy atom. The van der Waals surface area contributed by atoms with Crippen molar-refractivity contribution < 1.29 is 9.53 Å². The maximum atomic E-state index is 11.4. The number of anilines is 3. The second-order valence-electron chi connectivity index (χ2n) is 5.50. The molecule has 0 spiro atoms. The van der Waals surface area contributed by atoms with Gasteiger partial charge < -0.3 is 21.1 Å². The lowest BCUT2D eigenvalue weighted by molar-refractivity contribution is -0.116. The number of carbonyl (C=O) groups is 1. The largest absolute Gasteiger partial charge is 0.397 e. The van der Waals surface area contributed by atoms with E-state index in [4.69, 9.17) is 10.5 Å². The second kappa shape index (κ2) is 5.71. The van der Waals surface area contributed by atoms with Crippen LogP contribution in [0.15, 0.2) is 12.1 Å². The SMILES string of the molecule is Nc1cc2c(cc1NCCC1CCCO1)NC(=O)CC2. The van der Waals surface area contributed by atoms with Crippen LogP contribution in [-0.4, -0.2) is 25.2 Å². The van der Waals surface area contributed by atoms with E-state index in [9.17, 15) is 4.79 Å². The zero-order valence-corrected chi connectivity index (χ0v) is 11.6. The summed E-state index contributed by atoms with van der Waals surface area (Å²) in [5.41, 5.74) is 9.70. The normalized spacial score (nSPS) is 21.4. The van der Waals surface area contributed by atoms with Gasteiger partial charge in [0.1, 0.15) is 0 Å². The Hall–Kier alpha value is -1.75. The van der Waals surface area contributed by atoms with Gasteiger partial charge in [-0.15, -0.1) is 0 Å². The predicted molar refractivity (Wildman–Crippen MR) is 79.9 cm³/mol. The summed E-state index contributed by atoms with van der Waals surface area (Å²) in [6.07, 6.45) is 4.98. The average molecular weight is 275 g/mol. The summed E-state index contributed by atoms with van der Waals surface area (Å²) >= 11 is 0. The third-order valence-electron chi connectivity index (χ3n) is 3.98. The molecule has 0 saturated carbocycles. The smallest absolute Gasteiger partial charge is 0.224 e. The summed E-state index contributed by atoms with van der Waals surface area (Å²) in [4.78, 5) is 11.4. The van der Waals surface area contributed by atoms with E-state index in [0.717, 1.165) is 61.5 Å². The molecule has 0 bridgehead atoms. The summed E-state index contributed by atoms with van der Waals surface area (Å²) in [6.45, 7) is 1.72. The lowest BCUT2D eigenvalue weighted by Crippen LogP contribution is -2.20. The Morgan fingerprint density at radius 1 is 1.40 bits per heavy atom. The first-order chi connectivity index (χ1) is 9.72. The monoisotopic (exact) mass is 275 g/mol. The molecule has 1 amide bonds. The second-order valence-corrected chi connectivity index (χ2v) is 5.50. The molecule has 5 heteroatoms. The van der Waals surface area contributed by atoms with Gasteiger partial charge in [-0.1, -0.05) is 0 Å². The van der Waals surface area contributed by atoms with Crippen LogP contribution in [0.25, 0.3) is 0 Å². The molecular formula is C15H21N3O2. The molecule has 1 aromatic carbocycles. The van der Waals surface area contributed by atoms with Crippen molar-refractivity contribution in [1.82, 2.24) is 0 Å². The molecule has 2 aliphatic rings. The fraction of sp³-hybridized carbons (Fsp3) is 0.533. The molecule has 0 aromatic heterocycles. The van der Waals surface area contributed by atoms with E-state index < -0.39 is 0 Å². The standard InChI is InChI=1S/C15H21N3O2/c16-12-8-10-3-4-15(19)18-13(10)9-14(12)17-6-5-11-2-1-7-20-11/h8-9,11,17H,1-7,16H2,(H,18,19). The number of hydrogen-bond acceptors (Lipinski definition) is 4. The zero-order chi connectivity index (χ0) is 13.9. The molecule has 0 aliphatic carbocycles. The van der Waals surface area contributed by atoms with Crippen molar-refractivity contribution in [2.75, 3.05) is 29.5 Å². The molecule has 1 atom stereocenters. The van der Waals surface area contributed by atoms with Gasteiger partial charge in [0, 0.05) is 25.3 Å². The Kier molecular flexibility index (Phi) is 3.78. The Balaban J connectivity index is 1.63. The van der Waals surface area contributed by atoms with E-state index in [0.29, 0.717) is 12.5 Å². The van der Waals surface area contributed by atoms with E-state index >= 15 is 0 Å². The Bertz CT molecular complexity index is 510. The molecule has 3 rings (SSSR count). The number of fused-ring (bicyclic) bond motifs is 1. The van der Waals surface area contributed by atoms with Crippen molar-refractivity contribution in [3.63, 3.8) is 0 Å². The van der Waals surface area contributed by atoms with Gasteiger partial charge in [0.05, 0.1) is 17.5 Å². The van der Waals surface area contributed by atoms with E-state index in [1.807, 2.05) is 12.1 Å². The van der Waals surface area contributed by atoms with Gasteiger partial charge in [0.2, 0.25) is 5.91 Å². The lowest BCUT2D eigenvalue weighted by Gasteiger charge is -2.20. The number of nitrogens with one attached hydrogen (secondary N) is 2. The van der Waals surface area contributed by atoms with Crippen molar-refractivity contribution in [2.45, 2.75) is 38.2 Å². The first-order valence-electron chi connectivity index (χ1n) is 7.30. The van der Waals surface area contributed by atoms with Gasteiger partial charge in [-0.05, 0) is 43.4 Å². The molecule has 108 valence electrons. The predicted octanol–water partition coefficient (Wildman–Crippen LogP) is 2.13. The maximum absolute atomic E-state index is 11.4. The summed E-state index contributed by atoms with van der Waals surface area (Å²) < 4.78 is 5.60. The fourth-order valence-corrected chi connectivity index (χ4v) is 2.84. The van der Waals surface area contributed by atoms with Crippen LogP contribution >= 0.6 is 0 Å². The highest BCUT2D eigenvalue weighted by molar-refractivity contribution is 5.95. The number of nitrogens with two attached hydrogens (primary N) is 1. The van der Waals surface area contributed by atoms with Crippen LogP contribution in [0.4, 0.5) is 17.1 Å². The third kappa shape index (κ3) is 2.88. The van der Waals surface area contributed by atoms with Crippen LogP contribution in [0, 0.1) is 0 Å². The quantitative estimate of drug-likeness (QED) is 0.736. The van der Waals surface area contributed by atoms with Gasteiger partial charge in [0.25, 0.3) is 0 Å². The van der Waals surface area contributed by atoms with Gasteiger partial charge in [-0.3, -0.25) is 4.79 Å². The van der Waals surface area contributed by atoms with Gasteiger partial charge >= 0.3 is 0 Å². The highest BCUT2D eigenvalue weighted by Gasteiger charge is 2.17. The van der Waals surface area contributed by atoms with Crippen LogP contribution in [0.1, 0.15) is 31.2 Å². The number of amides is 1. The van der Waals surface area contributed by atoms with E-state index in [-0.39, 0.29) is 5.91 Å². The first-order valence-corrected chi connectivity index (χ1v) is 7.30. The summed E-state index contributed by atoms with van der Waals surface area (Å²) in [5.74, 6) is 0.0765. The summed E-state index contributed by atoms with van der Waals surface area (Å²) in [7, 11) is 0. The number of carbonyl (C=O) groups excluding carboxylic acids is 1. The highest BCUT2D eigenvalue weighted by Crippen LogP contribution is 2.31. The number of rotatable bonds is 4. The molecular weight excluding hydrogens is 254 g/mol.